The van der Waals surface area contributed by atoms with Crippen molar-refractivity contribution in [1.82, 2.24) is 10.2 Å². The lowest BCUT2D eigenvalue weighted by molar-refractivity contribution is -0.142. The molecule has 16 heavy (non-hydrogen) atoms. The third kappa shape index (κ3) is 2.03. The molecule has 0 aromatic heterocycles. The van der Waals surface area contributed by atoms with Crippen LogP contribution in [0.3, 0.4) is 0 Å². The van der Waals surface area contributed by atoms with Gasteiger partial charge in [-0.25, -0.2) is 0 Å². The third-order valence-electron chi connectivity index (χ3n) is 2.67. The summed E-state index contributed by atoms with van der Waals surface area (Å²) in [6, 6.07) is 0. The Morgan fingerprint density at radius 2 is 2.31 bits per heavy atom. The Labute approximate surface area is 91.9 Å². The fourth-order valence-electron chi connectivity index (χ4n) is 1.80. The van der Waals surface area contributed by atoms with Crippen molar-refractivity contribution in [1.29, 1.82) is 0 Å². The van der Waals surface area contributed by atoms with Crippen LogP contribution >= 0.6 is 0 Å². The molecule has 7 heteroatoms. The van der Waals surface area contributed by atoms with Crippen LogP contribution in [-0.4, -0.2) is 57.5 Å². The zero-order valence-corrected chi connectivity index (χ0v) is 8.48. The molecule has 2 heterocycles. The van der Waals surface area contributed by atoms with E-state index < -0.39 is 24.8 Å². The van der Waals surface area contributed by atoms with Crippen LogP contribution in [0.25, 0.3) is 0 Å². The van der Waals surface area contributed by atoms with Gasteiger partial charge in [0.1, 0.15) is 12.3 Å². The second-order valence-electron chi connectivity index (χ2n) is 3.76. The summed E-state index contributed by atoms with van der Waals surface area (Å²) in [5.74, 6) is -0.388. The summed E-state index contributed by atoms with van der Waals surface area (Å²) in [6.45, 7) is -0.280. The normalized spacial score (nSPS) is 38.9. The zero-order chi connectivity index (χ0) is 11.7. The topological polar surface area (TPSA) is 102 Å². The lowest BCUT2D eigenvalue weighted by atomic mass is 10.2. The molecule has 0 aromatic carbocycles. The summed E-state index contributed by atoms with van der Waals surface area (Å²) in [5, 5.41) is 30.3. The molecule has 0 saturated carbocycles. The van der Waals surface area contributed by atoms with Gasteiger partial charge >= 0.3 is 0 Å². The highest BCUT2D eigenvalue weighted by Gasteiger charge is 2.38. The van der Waals surface area contributed by atoms with E-state index in [2.05, 4.69) is 5.32 Å². The second-order valence-corrected chi connectivity index (χ2v) is 3.76. The van der Waals surface area contributed by atoms with E-state index in [1.165, 1.54) is 17.2 Å². The first-order valence-corrected chi connectivity index (χ1v) is 5.00. The molecule has 2 aliphatic heterocycles. The monoisotopic (exact) mass is 230 g/mol. The molecule has 90 valence electrons. The largest absolute Gasteiger partial charge is 0.394 e. The molecule has 0 bridgehead atoms. The molecule has 0 radical (unpaired) electrons. The SMILES string of the molecule is O=C1C=CN(C2CC(O)C(CO)O2)C(O)N1. The number of nitrogens with zero attached hydrogens (tertiary/aromatic N) is 1. The third-order valence-corrected chi connectivity index (χ3v) is 2.67. The molecule has 1 saturated heterocycles. The molecular weight excluding hydrogens is 216 g/mol. The van der Waals surface area contributed by atoms with Gasteiger partial charge in [-0.1, -0.05) is 0 Å². The molecule has 0 aliphatic carbocycles. The second kappa shape index (κ2) is 4.38. The van der Waals surface area contributed by atoms with Crippen molar-refractivity contribution >= 4 is 5.91 Å². The van der Waals surface area contributed by atoms with Crippen molar-refractivity contribution in [3.63, 3.8) is 0 Å². The highest BCUT2D eigenvalue weighted by molar-refractivity contribution is 5.88. The molecule has 1 fully saturated rings. The number of aliphatic hydroxyl groups is 3. The van der Waals surface area contributed by atoms with Gasteiger partial charge < -0.3 is 30.3 Å². The summed E-state index contributed by atoms with van der Waals surface area (Å²) in [5.41, 5.74) is 0. The lowest BCUT2D eigenvalue weighted by Gasteiger charge is -2.33. The van der Waals surface area contributed by atoms with Crippen molar-refractivity contribution in [2.24, 2.45) is 0 Å². The Morgan fingerprint density at radius 3 is 2.88 bits per heavy atom. The number of hydrogen-bond acceptors (Lipinski definition) is 6. The van der Waals surface area contributed by atoms with Crippen molar-refractivity contribution in [2.75, 3.05) is 6.61 Å². The molecule has 2 aliphatic rings. The van der Waals surface area contributed by atoms with Gasteiger partial charge in [0.15, 0.2) is 0 Å². The fourth-order valence-corrected chi connectivity index (χ4v) is 1.80. The van der Waals surface area contributed by atoms with Gasteiger partial charge in [0.2, 0.25) is 12.3 Å². The molecule has 4 atom stereocenters. The van der Waals surface area contributed by atoms with Crippen LogP contribution in [-0.2, 0) is 9.53 Å². The Morgan fingerprint density at radius 1 is 1.56 bits per heavy atom. The van der Waals surface area contributed by atoms with Gasteiger partial charge in [-0.2, -0.15) is 0 Å². The van der Waals surface area contributed by atoms with E-state index in [1.807, 2.05) is 0 Å². The molecule has 0 aromatic rings. The van der Waals surface area contributed by atoms with E-state index in [9.17, 15) is 15.0 Å². The number of aliphatic hydroxyl groups excluding tert-OH is 3. The van der Waals surface area contributed by atoms with Crippen molar-refractivity contribution in [3.8, 4) is 0 Å². The average Bonchev–Trinajstić information content (AvgIpc) is 2.59. The number of nitrogens with one attached hydrogen (secondary N) is 1. The van der Waals surface area contributed by atoms with E-state index in [-0.39, 0.29) is 18.9 Å². The molecule has 4 unspecified atom stereocenters. The molecule has 1 amide bonds. The minimum Gasteiger partial charge on any atom is -0.394 e. The van der Waals surface area contributed by atoms with Gasteiger partial charge in [-0.15, -0.1) is 0 Å². The number of carbonyl (C=O) groups is 1. The van der Waals surface area contributed by atoms with E-state index in [0.717, 1.165) is 0 Å². The highest BCUT2D eigenvalue weighted by Crippen LogP contribution is 2.24. The first-order chi connectivity index (χ1) is 7.61. The molecule has 7 nitrogen and oxygen atoms in total. The summed E-state index contributed by atoms with van der Waals surface area (Å²) >= 11 is 0. The quantitative estimate of drug-likeness (QED) is 0.424. The zero-order valence-electron chi connectivity index (χ0n) is 8.48. The Hall–Kier alpha value is -1.15. The number of ether oxygens (including phenoxy) is 1. The maximum atomic E-state index is 10.9. The first-order valence-electron chi connectivity index (χ1n) is 5.00. The summed E-state index contributed by atoms with van der Waals surface area (Å²) in [6.07, 6.45) is -0.222. The van der Waals surface area contributed by atoms with Crippen LogP contribution < -0.4 is 5.32 Å². The Balaban J connectivity index is 2.04. The van der Waals surface area contributed by atoms with E-state index in [0.29, 0.717) is 0 Å². The minimum atomic E-state index is -1.17. The fraction of sp³-hybridized carbons (Fsp3) is 0.667. The van der Waals surface area contributed by atoms with Crippen molar-refractivity contribution < 1.29 is 24.9 Å². The molecule has 0 spiro atoms. The van der Waals surface area contributed by atoms with Crippen LogP contribution in [0, 0.1) is 0 Å². The molecular formula is C9H14N2O5. The maximum Gasteiger partial charge on any atom is 0.248 e. The van der Waals surface area contributed by atoms with E-state index >= 15 is 0 Å². The standard InChI is InChI=1S/C9H14N2O5/c12-4-6-5(13)3-8(16-6)11-2-1-7(14)10-9(11)15/h1-2,5-6,8-9,12-13,15H,3-4H2,(H,10,14). The van der Waals surface area contributed by atoms with Gasteiger partial charge in [-0.3, -0.25) is 4.79 Å². The van der Waals surface area contributed by atoms with Crippen LogP contribution in [0.4, 0.5) is 0 Å². The lowest BCUT2D eigenvalue weighted by Crippen LogP contribution is -2.52. The first kappa shape index (κ1) is 11.3. The van der Waals surface area contributed by atoms with Crippen molar-refractivity contribution in [2.45, 2.75) is 31.2 Å². The number of carbonyl (C=O) groups excluding carboxylic acids is 1. The predicted molar refractivity (Wildman–Crippen MR) is 51.5 cm³/mol. The number of amides is 1. The highest BCUT2D eigenvalue weighted by atomic mass is 16.5. The predicted octanol–water partition coefficient (Wildman–Crippen LogP) is -2.32. The molecule has 2 rings (SSSR count). The minimum absolute atomic E-state index is 0.266. The van der Waals surface area contributed by atoms with Gasteiger partial charge in [0.25, 0.3) is 0 Å². The van der Waals surface area contributed by atoms with Gasteiger partial charge in [-0.05, 0) is 0 Å². The van der Waals surface area contributed by atoms with Crippen LogP contribution in [0.15, 0.2) is 12.3 Å². The average molecular weight is 230 g/mol. The Kier molecular flexibility index (Phi) is 3.10. The smallest absolute Gasteiger partial charge is 0.248 e. The summed E-state index contributed by atoms with van der Waals surface area (Å²) in [7, 11) is 0. The summed E-state index contributed by atoms with van der Waals surface area (Å²) < 4.78 is 5.33. The number of rotatable bonds is 2. The molecule has 4 N–H and O–H groups in total. The maximum absolute atomic E-state index is 10.9. The van der Waals surface area contributed by atoms with E-state index in [4.69, 9.17) is 9.84 Å². The van der Waals surface area contributed by atoms with Gasteiger partial charge in [0, 0.05) is 18.7 Å². The van der Waals surface area contributed by atoms with Crippen LogP contribution in [0.1, 0.15) is 6.42 Å². The van der Waals surface area contributed by atoms with E-state index in [1.54, 1.807) is 0 Å². The summed E-state index contributed by atoms with van der Waals surface area (Å²) in [4.78, 5) is 12.3. The van der Waals surface area contributed by atoms with Crippen LogP contribution in [0.5, 0.6) is 0 Å². The van der Waals surface area contributed by atoms with Crippen LogP contribution in [0.2, 0.25) is 0 Å². The van der Waals surface area contributed by atoms with Crippen molar-refractivity contribution in [3.05, 3.63) is 12.3 Å². The number of hydrogen-bond donors (Lipinski definition) is 4. The Bertz CT molecular complexity index is 308. The van der Waals surface area contributed by atoms with Gasteiger partial charge in [0.05, 0.1) is 12.7 Å².